The third-order valence-corrected chi connectivity index (χ3v) is 11.2. The van der Waals surface area contributed by atoms with Gasteiger partial charge >= 0.3 is 0 Å². The van der Waals surface area contributed by atoms with Gasteiger partial charge in [0.2, 0.25) is 0 Å². The lowest BCUT2D eigenvalue weighted by Crippen LogP contribution is -2.26. The Hall–Kier alpha value is -5.34. The molecular formula is C46H44Cl2F2N4O6. The van der Waals surface area contributed by atoms with Gasteiger partial charge in [-0.15, -0.1) is 0 Å². The molecule has 4 atom stereocenters. The number of halogens is 4. The van der Waals surface area contributed by atoms with Crippen molar-refractivity contribution in [1.29, 1.82) is 0 Å². The van der Waals surface area contributed by atoms with Crippen LogP contribution in [0.15, 0.2) is 122 Å². The summed E-state index contributed by atoms with van der Waals surface area (Å²) in [6, 6.07) is 31.0. The van der Waals surface area contributed by atoms with Crippen molar-refractivity contribution in [2.75, 3.05) is 36.0 Å². The summed E-state index contributed by atoms with van der Waals surface area (Å²) < 4.78 is 39.0. The second kappa shape index (κ2) is 19.8. The number of anilines is 2. The summed E-state index contributed by atoms with van der Waals surface area (Å²) in [5.74, 6) is -0.954. The van der Waals surface area contributed by atoms with E-state index in [1.165, 1.54) is 36.7 Å². The van der Waals surface area contributed by atoms with Crippen LogP contribution >= 0.6 is 23.2 Å². The zero-order valence-electron chi connectivity index (χ0n) is 32.4. The molecule has 4 heterocycles. The highest BCUT2D eigenvalue weighted by Crippen LogP contribution is 2.35. The molecule has 0 radical (unpaired) electrons. The molecule has 2 fully saturated rings. The predicted octanol–water partition coefficient (Wildman–Crippen LogP) is 8.21. The Balaban J connectivity index is 0.000000181. The van der Waals surface area contributed by atoms with E-state index >= 15 is 0 Å². The monoisotopic (exact) mass is 856 g/mol. The summed E-state index contributed by atoms with van der Waals surface area (Å²) in [5.41, 5.74) is 5.65. The van der Waals surface area contributed by atoms with Crippen LogP contribution in [-0.2, 0) is 13.2 Å². The molecule has 2 aliphatic heterocycles. The van der Waals surface area contributed by atoms with E-state index in [0.29, 0.717) is 82.4 Å². The van der Waals surface area contributed by atoms with E-state index in [1.807, 2.05) is 48.5 Å². The molecular weight excluding hydrogens is 813 g/mol. The number of benzene rings is 4. The van der Waals surface area contributed by atoms with Crippen molar-refractivity contribution in [3.8, 4) is 11.8 Å². The van der Waals surface area contributed by atoms with Gasteiger partial charge in [0.15, 0.2) is 11.6 Å². The molecule has 2 saturated heterocycles. The van der Waals surface area contributed by atoms with Crippen molar-refractivity contribution in [2.24, 2.45) is 0 Å². The van der Waals surface area contributed by atoms with Crippen molar-refractivity contribution >= 4 is 34.6 Å². The van der Waals surface area contributed by atoms with Gasteiger partial charge in [-0.1, -0.05) is 71.7 Å². The Labute approximate surface area is 356 Å². The van der Waals surface area contributed by atoms with Gasteiger partial charge in [0.05, 0.1) is 26.3 Å². The van der Waals surface area contributed by atoms with Crippen molar-refractivity contribution in [3.63, 3.8) is 0 Å². The first kappa shape index (κ1) is 42.8. The third-order valence-electron chi connectivity index (χ3n) is 10.6. The first-order valence-electron chi connectivity index (χ1n) is 19.5. The van der Waals surface area contributed by atoms with Gasteiger partial charge in [-0.05, 0) is 71.8 Å². The quantitative estimate of drug-likeness (QED) is 0.0956. The highest BCUT2D eigenvalue weighted by Gasteiger charge is 2.29. The molecule has 4 N–H and O–H groups in total. The zero-order valence-corrected chi connectivity index (χ0v) is 33.9. The minimum absolute atomic E-state index is 0.00458. The maximum atomic E-state index is 13.8. The standard InChI is InChI=1S/2C23H22ClFN2O3/c2*24-19-5-2-1-4-18(19)22(29)15-7-8-21(16(12-15)14-28)27-11-9-17(13-27)30-23-20(25)6-3-10-26-23/h2*1-8,10,12,17,22,28-29H,9,11,13-14H2/t2*17-,22?/m00/s1. The van der Waals surface area contributed by atoms with E-state index in [9.17, 15) is 29.2 Å². The van der Waals surface area contributed by atoms with Crippen LogP contribution in [0, 0.1) is 11.6 Å². The lowest BCUT2D eigenvalue weighted by atomic mass is 9.98. The fourth-order valence-corrected chi connectivity index (χ4v) is 7.97. The summed E-state index contributed by atoms with van der Waals surface area (Å²) in [6.07, 6.45) is 2.24. The number of rotatable bonds is 12. The largest absolute Gasteiger partial charge is 0.470 e. The summed E-state index contributed by atoms with van der Waals surface area (Å²) in [6.45, 7) is 2.17. The molecule has 2 aliphatic rings. The summed E-state index contributed by atoms with van der Waals surface area (Å²) >= 11 is 12.4. The summed E-state index contributed by atoms with van der Waals surface area (Å²) in [5, 5.41) is 42.3. The van der Waals surface area contributed by atoms with Gasteiger partial charge in [0.1, 0.15) is 24.4 Å². The lowest BCUT2D eigenvalue weighted by Gasteiger charge is -2.23. The number of aromatic nitrogens is 2. The lowest BCUT2D eigenvalue weighted by molar-refractivity contribution is 0.205. The molecule has 2 unspecified atom stereocenters. The number of aliphatic hydroxyl groups excluding tert-OH is 4. The van der Waals surface area contributed by atoms with Crippen molar-refractivity contribution in [2.45, 2.75) is 50.5 Å². The van der Waals surface area contributed by atoms with E-state index in [0.717, 1.165) is 11.4 Å². The number of aliphatic hydroxyl groups is 4. The van der Waals surface area contributed by atoms with Gasteiger partial charge in [-0.2, -0.15) is 0 Å². The van der Waals surface area contributed by atoms with Crippen LogP contribution in [0.4, 0.5) is 20.2 Å². The molecule has 6 aromatic rings. The van der Waals surface area contributed by atoms with E-state index in [2.05, 4.69) is 19.8 Å². The van der Waals surface area contributed by atoms with Crippen molar-refractivity contribution in [3.05, 3.63) is 177 Å². The van der Waals surface area contributed by atoms with Crippen molar-refractivity contribution < 1.29 is 38.7 Å². The number of pyridine rings is 2. The maximum absolute atomic E-state index is 13.8. The fraction of sp³-hybridized carbons (Fsp3) is 0.261. The van der Waals surface area contributed by atoms with Gasteiger partial charge in [0, 0.05) is 82.0 Å². The molecule has 312 valence electrons. The highest BCUT2D eigenvalue weighted by molar-refractivity contribution is 6.31. The van der Waals surface area contributed by atoms with E-state index in [4.69, 9.17) is 32.7 Å². The molecule has 0 bridgehead atoms. The smallest absolute Gasteiger partial charge is 0.250 e. The van der Waals surface area contributed by atoms with E-state index < -0.39 is 23.8 Å². The average Bonchev–Trinajstić information content (AvgIpc) is 3.95. The average molecular weight is 858 g/mol. The first-order valence-corrected chi connectivity index (χ1v) is 20.3. The van der Waals surface area contributed by atoms with Gasteiger partial charge in [-0.25, -0.2) is 18.7 Å². The molecule has 8 rings (SSSR count). The normalized spacial score (nSPS) is 17.2. The Morgan fingerprint density at radius 1 is 0.600 bits per heavy atom. The van der Waals surface area contributed by atoms with Crippen LogP contribution in [0.3, 0.4) is 0 Å². The minimum Gasteiger partial charge on any atom is -0.470 e. The number of hydrogen-bond acceptors (Lipinski definition) is 10. The Kier molecular flexibility index (Phi) is 14.1. The van der Waals surface area contributed by atoms with Crippen LogP contribution in [0.25, 0.3) is 0 Å². The number of hydrogen-bond donors (Lipinski definition) is 4. The number of ether oxygens (including phenoxy) is 2. The van der Waals surface area contributed by atoms with Crippen LogP contribution < -0.4 is 19.3 Å². The molecule has 10 nitrogen and oxygen atoms in total. The Morgan fingerprint density at radius 3 is 1.40 bits per heavy atom. The maximum Gasteiger partial charge on any atom is 0.250 e. The Bertz CT molecular complexity index is 2230. The van der Waals surface area contributed by atoms with Crippen LogP contribution in [0.5, 0.6) is 11.8 Å². The van der Waals surface area contributed by atoms with Crippen LogP contribution in [0.2, 0.25) is 10.0 Å². The van der Waals surface area contributed by atoms with Gasteiger partial charge in [-0.3, -0.25) is 0 Å². The zero-order chi connectivity index (χ0) is 42.2. The second-order valence-electron chi connectivity index (χ2n) is 14.5. The molecule has 0 saturated carbocycles. The minimum atomic E-state index is -0.889. The van der Waals surface area contributed by atoms with Crippen molar-refractivity contribution in [1.82, 2.24) is 9.97 Å². The van der Waals surface area contributed by atoms with E-state index in [1.54, 1.807) is 36.4 Å². The topological polar surface area (TPSA) is 132 Å². The van der Waals surface area contributed by atoms with E-state index in [-0.39, 0.29) is 37.2 Å². The second-order valence-corrected chi connectivity index (χ2v) is 15.3. The molecule has 60 heavy (non-hydrogen) atoms. The highest BCUT2D eigenvalue weighted by atomic mass is 35.5. The predicted molar refractivity (Wildman–Crippen MR) is 227 cm³/mol. The van der Waals surface area contributed by atoms with Crippen LogP contribution in [-0.4, -0.2) is 68.8 Å². The summed E-state index contributed by atoms with van der Waals surface area (Å²) in [7, 11) is 0. The third kappa shape index (κ3) is 9.98. The SMILES string of the molecule is OCc1cc(C(O)c2ccccc2Cl)ccc1N1CC[C@H](Oc2ncccc2F)C1.OCc1cc(C(O)c2ccccc2Cl)ccc1N1CC[C@H](Oc2ncccc2F)C1. The van der Waals surface area contributed by atoms with Crippen LogP contribution in [0.1, 0.15) is 58.4 Å². The molecule has 4 aromatic carbocycles. The summed E-state index contributed by atoms with van der Waals surface area (Å²) in [4.78, 5) is 12.1. The van der Waals surface area contributed by atoms with Gasteiger partial charge < -0.3 is 39.7 Å². The Morgan fingerprint density at radius 2 is 1.02 bits per heavy atom. The molecule has 14 heteroatoms. The van der Waals surface area contributed by atoms with Gasteiger partial charge in [0.25, 0.3) is 11.8 Å². The molecule has 0 aliphatic carbocycles. The molecule has 0 spiro atoms. The first-order chi connectivity index (χ1) is 29.1. The molecule has 0 amide bonds. The molecule has 2 aromatic heterocycles. The fourth-order valence-electron chi connectivity index (χ4n) is 7.49. The number of nitrogens with zero attached hydrogens (tertiary/aromatic N) is 4.